The summed E-state index contributed by atoms with van der Waals surface area (Å²) in [6.07, 6.45) is 5.03. The van der Waals surface area contributed by atoms with E-state index in [2.05, 4.69) is 41.6 Å². The van der Waals surface area contributed by atoms with E-state index in [9.17, 15) is 4.79 Å². The van der Waals surface area contributed by atoms with E-state index in [1.807, 2.05) is 95.6 Å². The Balaban J connectivity index is 1.21. The van der Waals surface area contributed by atoms with Crippen molar-refractivity contribution in [3.05, 3.63) is 119 Å². The largest absolute Gasteiger partial charge is 0.489 e. The normalized spacial score (nSPS) is 11.0. The number of hydrazone groups is 1. The first kappa shape index (κ1) is 26.3. The number of nitrogens with one attached hydrogen (secondary N) is 1. The van der Waals surface area contributed by atoms with E-state index in [-0.39, 0.29) is 11.7 Å². The Morgan fingerprint density at radius 2 is 1.85 bits per heavy atom. The molecule has 1 N–H and O–H groups in total. The molecule has 39 heavy (non-hydrogen) atoms. The Kier molecular flexibility index (Phi) is 8.77. The zero-order valence-electron chi connectivity index (χ0n) is 20.6. The fraction of sp³-hybridized carbons (Fsp3) is 0.0690. The molecule has 2 heterocycles. The summed E-state index contributed by atoms with van der Waals surface area (Å²) in [6, 6.07) is 29.1. The molecule has 0 aliphatic heterocycles. The van der Waals surface area contributed by atoms with Crippen molar-refractivity contribution in [1.82, 2.24) is 25.2 Å². The summed E-state index contributed by atoms with van der Waals surface area (Å²) in [7, 11) is 0. The van der Waals surface area contributed by atoms with Gasteiger partial charge < -0.3 is 4.74 Å². The number of rotatable bonds is 10. The topological polar surface area (TPSA) is 94.3 Å². The van der Waals surface area contributed by atoms with Crippen LogP contribution in [0.5, 0.6) is 5.75 Å². The summed E-state index contributed by atoms with van der Waals surface area (Å²) < 4.78 is 8.73. The van der Waals surface area contributed by atoms with Crippen molar-refractivity contribution < 1.29 is 9.53 Å². The number of halogens is 1. The molecule has 0 bridgehead atoms. The van der Waals surface area contributed by atoms with E-state index in [1.165, 1.54) is 11.8 Å². The molecular formula is C29H23BrN6O2S. The fourth-order valence-electron chi connectivity index (χ4n) is 3.64. The van der Waals surface area contributed by atoms with Crippen LogP contribution in [0, 0.1) is 0 Å². The molecule has 8 nitrogen and oxygen atoms in total. The van der Waals surface area contributed by atoms with Crippen molar-refractivity contribution in [2.45, 2.75) is 11.8 Å². The summed E-state index contributed by atoms with van der Waals surface area (Å²) in [4.78, 5) is 16.8. The second-order valence-electron chi connectivity index (χ2n) is 8.29. The van der Waals surface area contributed by atoms with E-state index in [4.69, 9.17) is 4.74 Å². The highest BCUT2D eigenvalue weighted by Crippen LogP contribution is 2.28. The van der Waals surface area contributed by atoms with Gasteiger partial charge in [0.2, 0.25) is 0 Å². The second kappa shape index (κ2) is 13.0. The quantitative estimate of drug-likeness (QED) is 0.122. The third-order valence-electron chi connectivity index (χ3n) is 5.48. The minimum Gasteiger partial charge on any atom is -0.489 e. The molecule has 0 fully saturated rings. The third kappa shape index (κ3) is 7.18. The van der Waals surface area contributed by atoms with Gasteiger partial charge in [0.15, 0.2) is 11.0 Å². The molecule has 0 aliphatic rings. The molecule has 0 saturated carbocycles. The van der Waals surface area contributed by atoms with Crippen LogP contribution < -0.4 is 10.2 Å². The van der Waals surface area contributed by atoms with Crippen molar-refractivity contribution in [2.75, 3.05) is 5.75 Å². The van der Waals surface area contributed by atoms with Gasteiger partial charge >= 0.3 is 0 Å². The number of hydrogen-bond donors (Lipinski definition) is 1. The maximum absolute atomic E-state index is 12.6. The van der Waals surface area contributed by atoms with Gasteiger partial charge in [0.25, 0.3) is 5.91 Å². The van der Waals surface area contributed by atoms with Crippen LogP contribution in [0.15, 0.2) is 118 Å². The summed E-state index contributed by atoms with van der Waals surface area (Å²) in [5.74, 6) is 1.21. The highest BCUT2D eigenvalue weighted by atomic mass is 79.9. The first-order valence-electron chi connectivity index (χ1n) is 12.0. The minimum atomic E-state index is -0.263. The van der Waals surface area contributed by atoms with E-state index in [0.717, 1.165) is 32.6 Å². The van der Waals surface area contributed by atoms with Crippen LogP contribution in [-0.2, 0) is 11.4 Å². The number of thioether (sulfide) groups is 1. The number of hydrogen-bond acceptors (Lipinski definition) is 7. The molecule has 0 aliphatic carbocycles. The summed E-state index contributed by atoms with van der Waals surface area (Å²) in [5.41, 5.74) is 6.17. The molecule has 194 valence electrons. The van der Waals surface area contributed by atoms with Crippen LogP contribution in [0.1, 0.15) is 11.1 Å². The second-order valence-corrected chi connectivity index (χ2v) is 10.1. The smallest absolute Gasteiger partial charge is 0.250 e. The molecule has 0 saturated heterocycles. The third-order valence-corrected chi connectivity index (χ3v) is 6.94. The summed E-state index contributed by atoms with van der Waals surface area (Å²) >= 11 is 4.75. The molecule has 5 rings (SSSR count). The number of ether oxygens (including phenoxy) is 1. The number of nitrogens with zero attached hydrogens (tertiary/aromatic N) is 5. The van der Waals surface area contributed by atoms with Gasteiger partial charge in [-0.2, -0.15) is 5.10 Å². The average Bonchev–Trinajstić information content (AvgIpc) is 3.41. The Labute approximate surface area is 238 Å². The summed E-state index contributed by atoms with van der Waals surface area (Å²) in [6.45, 7) is 0.475. The monoisotopic (exact) mass is 598 g/mol. The van der Waals surface area contributed by atoms with E-state index < -0.39 is 0 Å². The van der Waals surface area contributed by atoms with Crippen molar-refractivity contribution in [3.63, 3.8) is 0 Å². The van der Waals surface area contributed by atoms with Crippen LogP contribution in [0.3, 0.4) is 0 Å². The van der Waals surface area contributed by atoms with Gasteiger partial charge in [0.1, 0.15) is 12.4 Å². The number of amides is 1. The van der Waals surface area contributed by atoms with Gasteiger partial charge in [-0.15, -0.1) is 10.2 Å². The van der Waals surface area contributed by atoms with Gasteiger partial charge in [-0.1, -0.05) is 70.2 Å². The molecule has 0 atom stereocenters. The van der Waals surface area contributed by atoms with Gasteiger partial charge in [0.05, 0.1) is 12.0 Å². The number of pyridine rings is 1. The highest BCUT2D eigenvalue weighted by molar-refractivity contribution is 9.10. The maximum atomic E-state index is 12.6. The SMILES string of the molecule is O=C(CSc1nnc(-c2cccnc2)n1-c1ccc(Br)cc1)NN=Cc1cccc(OCc2ccccc2)c1. The molecule has 5 aromatic rings. The van der Waals surface area contributed by atoms with Crippen LogP contribution in [-0.4, -0.2) is 37.6 Å². The van der Waals surface area contributed by atoms with Crippen LogP contribution in [0.25, 0.3) is 17.1 Å². The lowest BCUT2D eigenvalue weighted by Gasteiger charge is -2.10. The lowest BCUT2D eigenvalue weighted by Crippen LogP contribution is -2.20. The average molecular weight is 600 g/mol. The first-order valence-corrected chi connectivity index (χ1v) is 13.8. The van der Waals surface area contributed by atoms with Crippen molar-refractivity contribution in [2.24, 2.45) is 5.10 Å². The van der Waals surface area contributed by atoms with Crippen LogP contribution >= 0.6 is 27.7 Å². The Morgan fingerprint density at radius 1 is 1.00 bits per heavy atom. The molecule has 0 spiro atoms. The predicted octanol–water partition coefficient (Wildman–Crippen LogP) is 5.91. The molecule has 0 radical (unpaired) electrons. The van der Waals surface area contributed by atoms with Gasteiger partial charge in [0, 0.05) is 28.1 Å². The number of benzene rings is 3. The van der Waals surface area contributed by atoms with Gasteiger partial charge in [-0.3, -0.25) is 14.3 Å². The molecule has 1 amide bonds. The Bertz CT molecular complexity index is 1560. The molecule has 0 unspecified atom stereocenters. The van der Waals surface area contributed by atoms with Crippen LogP contribution in [0.4, 0.5) is 0 Å². The van der Waals surface area contributed by atoms with Crippen molar-refractivity contribution in [1.29, 1.82) is 0 Å². The van der Waals surface area contributed by atoms with Gasteiger partial charge in [-0.25, -0.2) is 5.43 Å². The zero-order chi connectivity index (χ0) is 26.9. The first-order chi connectivity index (χ1) is 19.2. The Hall–Kier alpha value is -4.28. The van der Waals surface area contributed by atoms with Crippen LogP contribution in [0.2, 0.25) is 0 Å². The molecule has 2 aromatic heterocycles. The van der Waals surface area contributed by atoms with E-state index in [1.54, 1.807) is 18.6 Å². The molecule has 10 heteroatoms. The van der Waals surface area contributed by atoms with Gasteiger partial charge in [-0.05, 0) is 59.7 Å². The number of carbonyl (C=O) groups is 1. The zero-order valence-corrected chi connectivity index (χ0v) is 23.0. The molecule has 3 aromatic carbocycles. The number of aromatic nitrogens is 4. The van der Waals surface area contributed by atoms with Crippen molar-refractivity contribution >= 4 is 39.8 Å². The number of carbonyl (C=O) groups excluding carboxylic acids is 1. The summed E-state index contributed by atoms with van der Waals surface area (Å²) in [5, 5.41) is 13.4. The predicted molar refractivity (Wildman–Crippen MR) is 156 cm³/mol. The minimum absolute atomic E-state index is 0.110. The van der Waals surface area contributed by atoms with Crippen molar-refractivity contribution in [3.8, 4) is 22.8 Å². The van der Waals surface area contributed by atoms with E-state index in [0.29, 0.717) is 17.6 Å². The molecular weight excluding hydrogens is 576 g/mol. The standard InChI is InChI=1S/C29H23BrN6O2S/c30-24-11-13-25(14-12-24)36-28(23-9-5-15-31-18-23)34-35-29(36)39-20-27(37)33-32-17-22-8-4-10-26(16-22)38-19-21-6-2-1-3-7-21/h1-18H,19-20H2,(H,33,37). The lowest BCUT2D eigenvalue weighted by molar-refractivity contribution is -0.118. The fourth-order valence-corrected chi connectivity index (χ4v) is 4.64. The lowest BCUT2D eigenvalue weighted by atomic mass is 10.2. The highest BCUT2D eigenvalue weighted by Gasteiger charge is 2.17. The Morgan fingerprint density at radius 3 is 2.64 bits per heavy atom. The van der Waals surface area contributed by atoms with E-state index >= 15 is 0 Å². The maximum Gasteiger partial charge on any atom is 0.250 e.